The second-order valence-corrected chi connectivity index (χ2v) is 9.02. The summed E-state index contributed by atoms with van der Waals surface area (Å²) >= 11 is 0. The van der Waals surface area contributed by atoms with Crippen LogP contribution in [0.2, 0.25) is 0 Å². The van der Waals surface area contributed by atoms with Gasteiger partial charge in [-0.25, -0.2) is 18.4 Å². The number of alkyl halides is 3. The molecule has 0 unspecified atom stereocenters. The Morgan fingerprint density at radius 2 is 1.43 bits per heavy atom. The number of aromatic nitrogens is 2. The summed E-state index contributed by atoms with van der Waals surface area (Å²) in [6.45, 7) is 2.14. The van der Waals surface area contributed by atoms with Crippen molar-refractivity contribution in [2.24, 2.45) is 0 Å². The molecule has 10 heteroatoms. The Balaban J connectivity index is 1.61. The Labute approximate surface area is 172 Å². The van der Waals surface area contributed by atoms with Gasteiger partial charge in [0.2, 0.25) is 10.0 Å². The average Bonchev–Trinajstić information content (AvgIpc) is 2.72. The minimum atomic E-state index is -4.67. The van der Waals surface area contributed by atoms with Crippen molar-refractivity contribution in [1.82, 2.24) is 14.3 Å². The van der Waals surface area contributed by atoms with Gasteiger partial charge >= 0.3 is 6.18 Å². The molecule has 0 radical (unpaired) electrons. The molecule has 0 amide bonds. The van der Waals surface area contributed by atoms with Crippen LogP contribution in [0.15, 0.2) is 53.4 Å². The highest BCUT2D eigenvalue weighted by Crippen LogP contribution is 2.35. The van der Waals surface area contributed by atoms with Crippen molar-refractivity contribution in [3.8, 4) is 0 Å². The van der Waals surface area contributed by atoms with Crippen molar-refractivity contribution in [3.05, 3.63) is 59.8 Å². The zero-order valence-electron chi connectivity index (χ0n) is 16.1. The van der Waals surface area contributed by atoms with Crippen molar-refractivity contribution in [1.29, 1.82) is 0 Å². The molecule has 1 aromatic heterocycles. The summed E-state index contributed by atoms with van der Waals surface area (Å²) in [4.78, 5) is 9.60. The van der Waals surface area contributed by atoms with Gasteiger partial charge in [-0.3, -0.25) is 0 Å². The van der Waals surface area contributed by atoms with Crippen LogP contribution < -0.4 is 4.90 Å². The number of anilines is 1. The largest absolute Gasteiger partial charge is 0.437 e. The Bertz CT molecular complexity index is 1170. The topological polar surface area (TPSA) is 66.4 Å². The van der Waals surface area contributed by atoms with Crippen molar-refractivity contribution in [2.75, 3.05) is 31.1 Å². The van der Waals surface area contributed by atoms with Crippen LogP contribution in [0.4, 0.5) is 19.0 Å². The molecule has 2 heterocycles. The van der Waals surface area contributed by atoms with Gasteiger partial charge in [0.05, 0.1) is 15.9 Å². The SMILES string of the molecule is Cc1ccc(S(=O)(=O)N2CCN(c3nc4ccccc4nc3C(F)(F)F)CC2)cc1. The first-order chi connectivity index (χ1) is 14.2. The number of fused-ring (bicyclic) bond motifs is 1. The van der Waals surface area contributed by atoms with Gasteiger partial charge in [0.1, 0.15) is 0 Å². The third-order valence-corrected chi connectivity index (χ3v) is 6.93. The number of hydrogen-bond donors (Lipinski definition) is 0. The molecule has 2 aromatic carbocycles. The highest BCUT2D eigenvalue weighted by atomic mass is 32.2. The van der Waals surface area contributed by atoms with E-state index in [1.54, 1.807) is 30.3 Å². The standard InChI is InChI=1S/C20H19F3N4O2S/c1-14-6-8-15(9-7-14)30(28,29)27-12-10-26(11-13-27)19-18(20(21,22)23)24-16-4-2-3-5-17(16)25-19/h2-9H,10-13H2,1H3. The van der Waals surface area contributed by atoms with Gasteiger partial charge in [-0.2, -0.15) is 17.5 Å². The fourth-order valence-corrected chi connectivity index (χ4v) is 4.82. The number of halogens is 3. The number of hydrogen-bond acceptors (Lipinski definition) is 5. The van der Waals surface area contributed by atoms with Crippen LogP contribution in [-0.2, 0) is 16.2 Å². The number of nitrogens with zero attached hydrogens (tertiary/aromatic N) is 4. The molecular formula is C20H19F3N4O2S. The van der Waals surface area contributed by atoms with E-state index in [-0.39, 0.29) is 42.4 Å². The van der Waals surface area contributed by atoms with Gasteiger partial charge in [-0.1, -0.05) is 29.8 Å². The third kappa shape index (κ3) is 3.84. The molecule has 3 aromatic rings. The van der Waals surface area contributed by atoms with Crippen LogP contribution in [0, 0.1) is 6.92 Å². The second-order valence-electron chi connectivity index (χ2n) is 7.09. The Kier molecular flexibility index (Phi) is 5.15. The molecular weight excluding hydrogens is 417 g/mol. The minimum absolute atomic E-state index is 0.0576. The van der Waals surface area contributed by atoms with Gasteiger partial charge in [-0.15, -0.1) is 0 Å². The summed E-state index contributed by atoms with van der Waals surface area (Å²) in [6, 6.07) is 12.9. The molecule has 1 fully saturated rings. The summed E-state index contributed by atoms with van der Waals surface area (Å²) in [6.07, 6.45) is -4.67. The first-order valence-corrected chi connectivity index (χ1v) is 10.8. The maximum absolute atomic E-state index is 13.6. The number of sulfonamides is 1. The second kappa shape index (κ2) is 7.51. The van der Waals surface area contributed by atoms with Crippen LogP contribution in [0.25, 0.3) is 11.0 Å². The van der Waals surface area contributed by atoms with Crippen molar-refractivity contribution in [2.45, 2.75) is 18.0 Å². The van der Waals surface area contributed by atoms with E-state index >= 15 is 0 Å². The van der Waals surface area contributed by atoms with Gasteiger partial charge in [0.15, 0.2) is 11.5 Å². The molecule has 0 bridgehead atoms. The Morgan fingerprint density at radius 3 is 2.00 bits per heavy atom. The number of rotatable bonds is 3. The first kappa shape index (κ1) is 20.5. The van der Waals surface area contributed by atoms with E-state index in [1.165, 1.54) is 27.4 Å². The van der Waals surface area contributed by atoms with E-state index in [1.807, 2.05) is 6.92 Å². The Hall–Kier alpha value is -2.72. The van der Waals surface area contributed by atoms with Gasteiger partial charge < -0.3 is 4.90 Å². The predicted octanol–water partition coefficient (Wildman–Crippen LogP) is 3.47. The number of aryl methyl sites for hydroxylation is 1. The zero-order valence-corrected chi connectivity index (χ0v) is 16.9. The smallest absolute Gasteiger partial charge is 0.352 e. The van der Waals surface area contributed by atoms with Crippen LogP contribution in [0.1, 0.15) is 11.3 Å². The summed E-state index contributed by atoms with van der Waals surface area (Å²) in [5, 5.41) is 0. The lowest BCUT2D eigenvalue weighted by Crippen LogP contribution is -2.49. The van der Waals surface area contributed by atoms with Gasteiger partial charge in [-0.05, 0) is 31.2 Å². The van der Waals surface area contributed by atoms with Crippen LogP contribution in [0.3, 0.4) is 0 Å². The maximum atomic E-state index is 13.6. The summed E-state index contributed by atoms with van der Waals surface area (Å²) in [5.74, 6) is -0.270. The molecule has 0 spiro atoms. The summed E-state index contributed by atoms with van der Waals surface area (Å²) in [7, 11) is -3.71. The van der Waals surface area contributed by atoms with E-state index in [9.17, 15) is 21.6 Å². The first-order valence-electron chi connectivity index (χ1n) is 9.32. The molecule has 6 nitrogen and oxygen atoms in total. The fourth-order valence-electron chi connectivity index (χ4n) is 3.40. The minimum Gasteiger partial charge on any atom is -0.352 e. The molecule has 4 rings (SSSR count). The quantitative estimate of drug-likeness (QED) is 0.629. The lowest BCUT2D eigenvalue weighted by molar-refractivity contribution is -0.140. The van der Waals surface area contributed by atoms with Crippen molar-refractivity contribution < 1.29 is 21.6 Å². The molecule has 0 atom stereocenters. The van der Waals surface area contributed by atoms with Crippen molar-refractivity contribution >= 4 is 26.9 Å². The number of benzene rings is 2. The van der Waals surface area contributed by atoms with Crippen LogP contribution in [-0.4, -0.2) is 48.9 Å². The predicted molar refractivity (Wildman–Crippen MR) is 107 cm³/mol. The average molecular weight is 436 g/mol. The van der Waals surface area contributed by atoms with E-state index in [0.717, 1.165) is 5.56 Å². The highest BCUT2D eigenvalue weighted by Gasteiger charge is 2.39. The molecule has 1 aliphatic heterocycles. The monoisotopic (exact) mass is 436 g/mol. The fraction of sp³-hybridized carbons (Fsp3) is 0.300. The lowest BCUT2D eigenvalue weighted by atomic mass is 10.2. The van der Waals surface area contributed by atoms with Crippen LogP contribution in [0.5, 0.6) is 0 Å². The highest BCUT2D eigenvalue weighted by molar-refractivity contribution is 7.89. The number of para-hydroxylation sites is 2. The third-order valence-electron chi connectivity index (χ3n) is 5.02. The molecule has 1 saturated heterocycles. The summed E-state index contributed by atoms with van der Waals surface area (Å²) < 4.78 is 67.8. The normalized spacial score (nSPS) is 16.2. The van der Waals surface area contributed by atoms with Gasteiger partial charge in [0.25, 0.3) is 0 Å². The molecule has 0 saturated carbocycles. The van der Waals surface area contributed by atoms with E-state index < -0.39 is 21.9 Å². The molecule has 158 valence electrons. The maximum Gasteiger partial charge on any atom is 0.437 e. The zero-order chi connectivity index (χ0) is 21.5. The van der Waals surface area contributed by atoms with E-state index in [2.05, 4.69) is 9.97 Å². The van der Waals surface area contributed by atoms with Crippen molar-refractivity contribution in [3.63, 3.8) is 0 Å². The molecule has 30 heavy (non-hydrogen) atoms. The molecule has 0 aliphatic carbocycles. The van der Waals surface area contributed by atoms with Crippen LogP contribution >= 0.6 is 0 Å². The number of piperazine rings is 1. The molecule has 0 N–H and O–H groups in total. The Morgan fingerprint density at radius 1 is 0.867 bits per heavy atom. The van der Waals surface area contributed by atoms with Gasteiger partial charge in [0, 0.05) is 26.2 Å². The molecule has 1 aliphatic rings. The van der Waals surface area contributed by atoms with E-state index in [4.69, 9.17) is 0 Å². The lowest BCUT2D eigenvalue weighted by Gasteiger charge is -2.35. The summed E-state index contributed by atoms with van der Waals surface area (Å²) in [5.41, 5.74) is 0.397. The van der Waals surface area contributed by atoms with E-state index in [0.29, 0.717) is 5.52 Å².